The number of alkyl halides is 2. The molecule has 1 aromatic rings. The Morgan fingerprint density at radius 3 is 2.21 bits per heavy atom. The van der Waals surface area contributed by atoms with Crippen molar-refractivity contribution in [2.24, 2.45) is 0 Å². The lowest BCUT2D eigenvalue weighted by molar-refractivity contribution is 0.235. The Kier molecular flexibility index (Phi) is 4.90. The van der Waals surface area contributed by atoms with Gasteiger partial charge in [-0.25, -0.2) is 8.42 Å². The maximum atomic E-state index is 12.7. The van der Waals surface area contributed by atoms with E-state index >= 15 is 0 Å². The molecule has 108 valence electrons. The van der Waals surface area contributed by atoms with E-state index in [1.165, 1.54) is 18.2 Å². The minimum Gasteiger partial charge on any atom is -0.379 e. The highest BCUT2D eigenvalue weighted by Crippen LogP contribution is 2.30. The van der Waals surface area contributed by atoms with Crippen LogP contribution in [0.2, 0.25) is 0 Å². The van der Waals surface area contributed by atoms with E-state index in [0.717, 1.165) is 12.8 Å². The molecule has 0 spiro atoms. The van der Waals surface area contributed by atoms with Gasteiger partial charge in [-0.15, -0.1) is 0 Å². The molecule has 0 aromatic heterocycles. The number of hydrogen-bond donors (Lipinski definition) is 1. The number of halogens is 2. The van der Waals surface area contributed by atoms with Crippen LogP contribution in [-0.4, -0.2) is 19.7 Å². The molecule has 0 saturated heterocycles. The van der Waals surface area contributed by atoms with Crippen molar-refractivity contribution < 1.29 is 17.2 Å². The maximum Gasteiger partial charge on any atom is 0.341 e. The zero-order valence-electron chi connectivity index (χ0n) is 11.3. The monoisotopic (exact) mass is 291 g/mol. The van der Waals surface area contributed by atoms with E-state index in [2.05, 4.69) is 5.32 Å². The Hall–Kier alpha value is -1.17. The van der Waals surface area contributed by atoms with Crippen molar-refractivity contribution in [3.63, 3.8) is 0 Å². The van der Waals surface area contributed by atoms with E-state index in [-0.39, 0.29) is 16.1 Å². The van der Waals surface area contributed by atoms with Crippen molar-refractivity contribution >= 4 is 15.5 Å². The van der Waals surface area contributed by atoms with Gasteiger partial charge in [0.2, 0.25) is 9.84 Å². The van der Waals surface area contributed by atoms with Crippen LogP contribution in [0.15, 0.2) is 29.2 Å². The smallest absolute Gasteiger partial charge is 0.341 e. The largest absolute Gasteiger partial charge is 0.379 e. The molecule has 0 unspecified atom stereocenters. The number of para-hydroxylation sites is 1. The standard InChI is InChI=1S/C13H19F2NO2S/c1-4-13(3,5-2)16-10-8-6-7-9-11(10)19(17,18)12(14)15/h6-9,12,16H,4-5H2,1-3H3. The number of sulfone groups is 1. The van der Waals surface area contributed by atoms with Gasteiger partial charge >= 0.3 is 5.76 Å². The highest BCUT2D eigenvalue weighted by atomic mass is 32.2. The average Bonchev–Trinajstić information content (AvgIpc) is 2.38. The lowest BCUT2D eigenvalue weighted by Gasteiger charge is -2.30. The molecule has 1 aromatic carbocycles. The van der Waals surface area contributed by atoms with Gasteiger partial charge in [-0.2, -0.15) is 8.78 Å². The van der Waals surface area contributed by atoms with E-state index in [1.54, 1.807) is 6.07 Å². The highest BCUT2D eigenvalue weighted by molar-refractivity contribution is 7.91. The first kappa shape index (κ1) is 15.9. The van der Waals surface area contributed by atoms with Gasteiger partial charge in [-0.05, 0) is 31.9 Å². The van der Waals surface area contributed by atoms with E-state index in [0.29, 0.717) is 0 Å². The summed E-state index contributed by atoms with van der Waals surface area (Å²) in [6.07, 6.45) is 1.51. The summed E-state index contributed by atoms with van der Waals surface area (Å²) >= 11 is 0. The molecule has 0 heterocycles. The average molecular weight is 291 g/mol. The molecule has 3 nitrogen and oxygen atoms in total. The molecule has 0 radical (unpaired) electrons. The molecule has 0 aliphatic rings. The normalized spacial score (nSPS) is 12.7. The first-order chi connectivity index (χ1) is 8.77. The summed E-state index contributed by atoms with van der Waals surface area (Å²) in [6.45, 7) is 5.85. The van der Waals surface area contributed by atoms with Crippen LogP contribution in [0.4, 0.5) is 14.5 Å². The quantitative estimate of drug-likeness (QED) is 0.869. The number of anilines is 1. The van der Waals surface area contributed by atoms with Crippen molar-refractivity contribution in [1.82, 2.24) is 0 Å². The molecule has 1 rings (SSSR count). The second-order valence-corrected chi connectivity index (χ2v) is 6.58. The van der Waals surface area contributed by atoms with Crippen LogP contribution in [0.3, 0.4) is 0 Å². The van der Waals surface area contributed by atoms with Gasteiger partial charge in [-0.1, -0.05) is 26.0 Å². The summed E-state index contributed by atoms with van der Waals surface area (Å²) in [5.41, 5.74) is -0.0951. The Labute approximate surface area is 112 Å². The molecule has 0 aliphatic heterocycles. The lowest BCUT2D eigenvalue weighted by Crippen LogP contribution is -2.33. The van der Waals surface area contributed by atoms with Crippen LogP contribution < -0.4 is 5.32 Å². The van der Waals surface area contributed by atoms with Crippen molar-refractivity contribution in [3.05, 3.63) is 24.3 Å². The van der Waals surface area contributed by atoms with Crippen molar-refractivity contribution in [2.45, 2.75) is 49.8 Å². The zero-order valence-corrected chi connectivity index (χ0v) is 12.1. The number of hydrogen-bond acceptors (Lipinski definition) is 3. The SMILES string of the molecule is CCC(C)(CC)Nc1ccccc1S(=O)(=O)C(F)F. The van der Waals surface area contributed by atoms with Gasteiger partial charge in [0.25, 0.3) is 0 Å². The summed E-state index contributed by atoms with van der Waals surface area (Å²) in [5.74, 6) is -3.41. The Balaban J connectivity index is 3.25. The number of nitrogens with one attached hydrogen (secondary N) is 1. The fraction of sp³-hybridized carbons (Fsp3) is 0.538. The molecule has 19 heavy (non-hydrogen) atoms. The van der Waals surface area contributed by atoms with Gasteiger partial charge in [0.15, 0.2) is 0 Å². The maximum absolute atomic E-state index is 12.7. The van der Waals surface area contributed by atoms with Crippen LogP contribution in [0.5, 0.6) is 0 Å². The summed E-state index contributed by atoms with van der Waals surface area (Å²) < 4.78 is 48.6. The van der Waals surface area contributed by atoms with Crippen LogP contribution in [0.25, 0.3) is 0 Å². The molecule has 0 aliphatic carbocycles. The Morgan fingerprint density at radius 1 is 1.21 bits per heavy atom. The third-order valence-electron chi connectivity index (χ3n) is 3.43. The number of rotatable bonds is 6. The van der Waals surface area contributed by atoms with Crippen LogP contribution in [0, 0.1) is 0 Å². The zero-order chi connectivity index (χ0) is 14.7. The predicted molar refractivity (Wildman–Crippen MR) is 72.2 cm³/mol. The van der Waals surface area contributed by atoms with Crippen molar-refractivity contribution in [3.8, 4) is 0 Å². The Bertz CT molecular complexity index is 525. The minimum absolute atomic E-state index is 0.231. The van der Waals surface area contributed by atoms with Crippen LogP contribution in [0.1, 0.15) is 33.6 Å². The van der Waals surface area contributed by atoms with Crippen LogP contribution in [-0.2, 0) is 9.84 Å². The molecule has 0 saturated carbocycles. The molecule has 6 heteroatoms. The van der Waals surface area contributed by atoms with Crippen molar-refractivity contribution in [1.29, 1.82) is 0 Å². The van der Waals surface area contributed by atoms with Crippen LogP contribution >= 0.6 is 0 Å². The predicted octanol–water partition coefficient (Wildman–Crippen LogP) is 3.67. The topological polar surface area (TPSA) is 46.2 Å². The van der Waals surface area contributed by atoms with Gasteiger partial charge in [-0.3, -0.25) is 0 Å². The summed E-state index contributed by atoms with van der Waals surface area (Å²) in [4.78, 5) is -0.349. The fourth-order valence-electron chi connectivity index (χ4n) is 1.67. The molecule has 1 N–H and O–H groups in total. The summed E-state index contributed by atoms with van der Waals surface area (Å²) in [5, 5.41) is 3.07. The van der Waals surface area contributed by atoms with E-state index in [9.17, 15) is 17.2 Å². The second-order valence-electron chi connectivity index (χ2n) is 4.69. The first-order valence-electron chi connectivity index (χ1n) is 6.16. The van der Waals surface area contributed by atoms with E-state index < -0.39 is 15.6 Å². The molecule has 0 atom stereocenters. The summed E-state index contributed by atoms with van der Waals surface area (Å²) in [6, 6.07) is 5.78. The molecular weight excluding hydrogens is 272 g/mol. The second kappa shape index (κ2) is 5.86. The fourth-order valence-corrected chi connectivity index (χ4v) is 2.55. The third kappa shape index (κ3) is 3.43. The van der Waals surface area contributed by atoms with Gasteiger partial charge in [0, 0.05) is 5.54 Å². The first-order valence-corrected chi connectivity index (χ1v) is 7.70. The molecule has 0 fully saturated rings. The highest BCUT2D eigenvalue weighted by Gasteiger charge is 2.30. The van der Waals surface area contributed by atoms with Crippen molar-refractivity contribution in [2.75, 3.05) is 5.32 Å². The van der Waals surface area contributed by atoms with E-state index in [1.807, 2.05) is 20.8 Å². The third-order valence-corrected chi connectivity index (χ3v) is 4.86. The molecular formula is C13H19F2NO2S. The molecule has 0 amide bonds. The molecule has 0 bridgehead atoms. The Morgan fingerprint density at radius 2 is 1.74 bits per heavy atom. The summed E-state index contributed by atoms with van der Waals surface area (Å²) in [7, 11) is -4.59. The lowest BCUT2D eigenvalue weighted by atomic mass is 9.95. The van der Waals surface area contributed by atoms with Gasteiger partial charge < -0.3 is 5.32 Å². The minimum atomic E-state index is -4.59. The van der Waals surface area contributed by atoms with Gasteiger partial charge in [0.1, 0.15) is 0 Å². The van der Waals surface area contributed by atoms with Gasteiger partial charge in [0.05, 0.1) is 10.6 Å². The van der Waals surface area contributed by atoms with E-state index in [4.69, 9.17) is 0 Å². The number of benzene rings is 1.